The molecule has 31 heavy (non-hydrogen) atoms. The van der Waals surface area contributed by atoms with Crippen molar-refractivity contribution in [3.05, 3.63) is 70.3 Å². The zero-order valence-electron chi connectivity index (χ0n) is 16.6. The lowest BCUT2D eigenvalue weighted by molar-refractivity contribution is -0.138. The number of carbonyl (C=O) groups excluding carboxylic acids is 1. The number of hydrogen-bond donors (Lipinski definition) is 1. The quantitative estimate of drug-likeness (QED) is 0.460. The van der Waals surface area contributed by atoms with Crippen LogP contribution in [0.15, 0.2) is 41.6 Å². The van der Waals surface area contributed by atoms with Crippen molar-refractivity contribution >= 4 is 24.2 Å². The van der Waals surface area contributed by atoms with E-state index in [1.54, 1.807) is 17.7 Å². The second-order valence-electron chi connectivity index (χ2n) is 7.56. The Morgan fingerprint density at radius 1 is 1.19 bits per heavy atom. The van der Waals surface area contributed by atoms with Crippen LogP contribution in [0.3, 0.4) is 0 Å². The van der Waals surface area contributed by atoms with Crippen LogP contribution in [0.25, 0.3) is 0 Å². The fourth-order valence-electron chi connectivity index (χ4n) is 3.92. The van der Waals surface area contributed by atoms with Gasteiger partial charge in [-0.05, 0) is 47.9 Å². The average molecular weight is 450 g/mol. The summed E-state index contributed by atoms with van der Waals surface area (Å²) in [6.45, 7) is 1.63. The van der Waals surface area contributed by atoms with Crippen LogP contribution in [-0.2, 0) is 26.2 Å². The summed E-state index contributed by atoms with van der Waals surface area (Å²) < 4.78 is 56.2. The van der Waals surface area contributed by atoms with E-state index >= 15 is 0 Å². The number of benzene rings is 2. The Labute approximate surface area is 181 Å². The Bertz CT molecular complexity index is 1170. The summed E-state index contributed by atoms with van der Waals surface area (Å²) in [6.07, 6.45) is -4.18. The monoisotopic (exact) mass is 450 g/mol. The normalized spacial score (nSPS) is 14.8. The van der Waals surface area contributed by atoms with E-state index < -0.39 is 23.5 Å². The number of thiol groups is 1. The molecule has 1 aromatic heterocycles. The van der Waals surface area contributed by atoms with Gasteiger partial charge in [0.25, 0.3) is 5.91 Å². The molecular weight excluding hydrogens is 432 g/mol. The van der Waals surface area contributed by atoms with Crippen LogP contribution in [0.5, 0.6) is 0 Å². The van der Waals surface area contributed by atoms with Gasteiger partial charge in [-0.15, -0.1) is 22.8 Å². The topological polar surface area (TPSA) is 51.0 Å². The zero-order chi connectivity index (χ0) is 22.5. The van der Waals surface area contributed by atoms with E-state index in [4.69, 9.17) is 0 Å². The highest BCUT2D eigenvalue weighted by molar-refractivity contribution is 7.80. The molecule has 0 aliphatic carbocycles. The van der Waals surface area contributed by atoms with Gasteiger partial charge in [0, 0.05) is 24.2 Å². The third kappa shape index (κ3) is 3.91. The summed E-state index contributed by atoms with van der Waals surface area (Å²) >= 11 is 4.20. The Morgan fingerprint density at radius 2 is 1.94 bits per heavy atom. The highest BCUT2D eigenvalue weighted by Crippen LogP contribution is 2.39. The van der Waals surface area contributed by atoms with Crippen LogP contribution in [-0.4, -0.2) is 20.7 Å². The van der Waals surface area contributed by atoms with Crippen LogP contribution in [0.2, 0.25) is 0 Å². The van der Waals surface area contributed by atoms with E-state index in [0.717, 1.165) is 12.1 Å². The minimum atomic E-state index is -4.58. The molecule has 2 heterocycles. The molecular formula is C21H18F4N4OS. The van der Waals surface area contributed by atoms with E-state index in [-0.39, 0.29) is 29.3 Å². The summed E-state index contributed by atoms with van der Waals surface area (Å²) in [4.78, 5) is 14.0. The third-order valence-electron chi connectivity index (χ3n) is 5.40. The van der Waals surface area contributed by atoms with Crippen LogP contribution >= 0.6 is 12.6 Å². The first kappa shape index (κ1) is 21.4. The predicted octanol–water partition coefficient (Wildman–Crippen LogP) is 4.77. The fraction of sp³-hybridized carbons (Fsp3) is 0.286. The molecule has 0 bridgehead atoms. The lowest BCUT2D eigenvalue weighted by Gasteiger charge is -2.18. The predicted molar refractivity (Wildman–Crippen MR) is 109 cm³/mol. The second-order valence-corrected chi connectivity index (χ2v) is 7.96. The highest BCUT2D eigenvalue weighted by Gasteiger charge is 2.39. The summed E-state index contributed by atoms with van der Waals surface area (Å²) in [5, 5.41) is 8.42. The smallest absolute Gasteiger partial charge is 0.309 e. The molecule has 0 N–H and O–H groups in total. The van der Waals surface area contributed by atoms with Gasteiger partial charge in [0.15, 0.2) is 5.16 Å². The molecule has 10 heteroatoms. The van der Waals surface area contributed by atoms with E-state index in [1.165, 1.54) is 23.1 Å². The van der Waals surface area contributed by atoms with Crippen molar-refractivity contribution in [3.63, 3.8) is 0 Å². The van der Waals surface area contributed by atoms with Gasteiger partial charge in [-0.2, -0.15) is 13.2 Å². The molecule has 0 fully saturated rings. The van der Waals surface area contributed by atoms with Crippen LogP contribution in [0.4, 0.5) is 23.2 Å². The second kappa shape index (κ2) is 7.67. The molecule has 0 unspecified atom stereocenters. The molecule has 0 saturated heterocycles. The average Bonchev–Trinajstić information content (AvgIpc) is 3.20. The molecule has 4 rings (SSSR count). The van der Waals surface area contributed by atoms with E-state index in [2.05, 4.69) is 22.8 Å². The number of hydrogen-bond acceptors (Lipinski definition) is 4. The number of amides is 1. The van der Waals surface area contributed by atoms with Crippen molar-refractivity contribution < 1.29 is 22.4 Å². The highest BCUT2D eigenvalue weighted by atomic mass is 32.1. The number of alkyl halides is 3. The van der Waals surface area contributed by atoms with Gasteiger partial charge < -0.3 is 9.47 Å². The van der Waals surface area contributed by atoms with Gasteiger partial charge in [-0.25, -0.2) is 4.39 Å². The first-order valence-corrected chi connectivity index (χ1v) is 9.89. The summed E-state index contributed by atoms with van der Waals surface area (Å²) in [5.41, 5.74) is -0.166. The minimum absolute atomic E-state index is 0.0191. The van der Waals surface area contributed by atoms with Gasteiger partial charge in [0.2, 0.25) is 0 Å². The molecule has 0 saturated carbocycles. The van der Waals surface area contributed by atoms with Crippen molar-refractivity contribution in [1.29, 1.82) is 0 Å². The summed E-state index contributed by atoms with van der Waals surface area (Å²) in [6, 6.07) is 7.63. The van der Waals surface area contributed by atoms with Crippen molar-refractivity contribution in [1.82, 2.24) is 14.8 Å². The lowest BCUT2D eigenvalue weighted by Crippen LogP contribution is -2.23. The van der Waals surface area contributed by atoms with Crippen molar-refractivity contribution in [3.8, 4) is 0 Å². The molecule has 1 amide bonds. The Morgan fingerprint density at radius 3 is 2.58 bits per heavy atom. The zero-order valence-corrected chi connectivity index (χ0v) is 17.5. The first-order chi connectivity index (χ1) is 14.6. The van der Waals surface area contributed by atoms with E-state index in [9.17, 15) is 22.4 Å². The number of anilines is 1. The summed E-state index contributed by atoms with van der Waals surface area (Å²) in [7, 11) is 1.77. The van der Waals surface area contributed by atoms with Crippen LogP contribution < -0.4 is 4.90 Å². The SMILES string of the molecule is C[C@H](Cc1cc(F)cc(N2Cc3c(cccc3C(F)(F)F)C2=O)c1)c1nnc(S)n1C. The van der Waals surface area contributed by atoms with Crippen molar-refractivity contribution in [2.24, 2.45) is 7.05 Å². The third-order valence-corrected chi connectivity index (χ3v) is 5.78. The maximum absolute atomic E-state index is 14.4. The maximum Gasteiger partial charge on any atom is 0.416 e. The first-order valence-electron chi connectivity index (χ1n) is 9.45. The van der Waals surface area contributed by atoms with Crippen molar-refractivity contribution in [2.75, 3.05) is 4.90 Å². The molecule has 1 aliphatic rings. The molecule has 1 atom stereocenters. The number of fused-ring (bicyclic) bond motifs is 1. The Hall–Kier alpha value is -2.88. The molecule has 5 nitrogen and oxygen atoms in total. The fourth-order valence-corrected chi connectivity index (χ4v) is 4.07. The molecule has 162 valence electrons. The van der Waals surface area contributed by atoms with E-state index in [0.29, 0.717) is 23.0 Å². The number of halogens is 4. The Balaban J connectivity index is 1.65. The molecule has 0 radical (unpaired) electrons. The van der Waals surface area contributed by atoms with Crippen LogP contribution in [0, 0.1) is 5.82 Å². The molecule has 3 aromatic rings. The standard InChI is InChI=1S/C21H18F4N4OS/c1-11(18-26-27-20(31)28(18)2)6-12-7-13(22)9-14(8-12)29-10-16-15(19(29)30)4-3-5-17(16)21(23,24)25/h3-5,7-9,11H,6,10H2,1-2H3,(H,27,31)/t11-/m1/s1. The molecule has 2 aromatic carbocycles. The number of rotatable bonds is 4. The molecule has 1 aliphatic heterocycles. The number of nitrogens with zero attached hydrogens (tertiary/aromatic N) is 4. The van der Waals surface area contributed by atoms with E-state index in [1.807, 2.05) is 6.92 Å². The largest absolute Gasteiger partial charge is 0.416 e. The van der Waals surface area contributed by atoms with Crippen molar-refractivity contribution in [2.45, 2.75) is 37.1 Å². The van der Waals surface area contributed by atoms with Crippen LogP contribution in [0.1, 0.15) is 45.7 Å². The maximum atomic E-state index is 14.4. The lowest BCUT2D eigenvalue weighted by atomic mass is 9.99. The van der Waals surface area contributed by atoms with Gasteiger partial charge in [-0.1, -0.05) is 13.0 Å². The van der Waals surface area contributed by atoms with Gasteiger partial charge in [0.05, 0.1) is 12.1 Å². The van der Waals surface area contributed by atoms with Gasteiger partial charge in [0.1, 0.15) is 11.6 Å². The minimum Gasteiger partial charge on any atom is -0.309 e. The number of carbonyl (C=O) groups is 1. The van der Waals surface area contributed by atoms with Gasteiger partial charge >= 0.3 is 6.18 Å². The number of aromatic nitrogens is 3. The Kier molecular flexibility index (Phi) is 5.28. The van der Waals surface area contributed by atoms with Gasteiger partial charge in [-0.3, -0.25) is 4.79 Å². The summed E-state index contributed by atoms with van der Waals surface area (Å²) in [5.74, 6) is -0.627. The molecule has 0 spiro atoms.